The summed E-state index contributed by atoms with van der Waals surface area (Å²) in [6, 6.07) is 9.08. The molecule has 100 valence electrons. The van der Waals surface area contributed by atoms with Crippen LogP contribution in [0.3, 0.4) is 0 Å². The standard InChI is InChI=1S/C16H20N2S/c1-3-8-17-11(2)15-10-19-16(18-15)14-9-12-6-4-5-7-13(12)14/h4-7,10-11,14,17H,3,8-9H2,1-2H3. The Labute approximate surface area is 118 Å². The van der Waals surface area contributed by atoms with Crippen molar-refractivity contribution in [1.82, 2.24) is 10.3 Å². The Morgan fingerprint density at radius 2 is 2.26 bits per heavy atom. The van der Waals surface area contributed by atoms with E-state index in [1.807, 2.05) is 11.3 Å². The number of hydrogen-bond donors (Lipinski definition) is 1. The fourth-order valence-corrected chi connectivity index (χ4v) is 3.64. The molecular formula is C16H20N2S. The molecule has 0 aliphatic heterocycles. The Morgan fingerprint density at radius 1 is 1.42 bits per heavy atom. The molecule has 0 amide bonds. The zero-order valence-corrected chi connectivity index (χ0v) is 12.3. The minimum absolute atomic E-state index is 0.361. The molecule has 1 N–H and O–H groups in total. The smallest absolute Gasteiger partial charge is 0.101 e. The Hall–Kier alpha value is -1.19. The van der Waals surface area contributed by atoms with Crippen LogP contribution in [-0.2, 0) is 6.42 Å². The number of rotatable bonds is 5. The SMILES string of the molecule is CCCNC(C)c1csc(C2Cc3ccccc32)n1. The highest BCUT2D eigenvalue weighted by Gasteiger charge is 2.29. The van der Waals surface area contributed by atoms with Gasteiger partial charge in [-0.3, -0.25) is 0 Å². The summed E-state index contributed by atoms with van der Waals surface area (Å²) < 4.78 is 0. The number of aromatic nitrogens is 1. The molecule has 2 unspecified atom stereocenters. The predicted molar refractivity (Wildman–Crippen MR) is 80.8 cm³/mol. The second-order valence-electron chi connectivity index (χ2n) is 5.24. The topological polar surface area (TPSA) is 24.9 Å². The van der Waals surface area contributed by atoms with Crippen LogP contribution in [0.1, 0.15) is 54.1 Å². The molecule has 2 nitrogen and oxygen atoms in total. The van der Waals surface area contributed by atoms with Gasteiger partial charge in [0.1, 0.15) is 5.01 Å². The summed E-state index contributed by atoms with van der Waals surface area (Å²) in [7, 11) is 0. The minimum atomic E-state index is 0.361. The van der Waals surface area contributed by atoms with Crippen molar-refractivity contribution in [1.29, 1.82) is 0 Å². The maximum atomic E-state index is 4.84. The van der Waals surface area contributed by atoms with E-state index in [1.54, 1.807) is 0 Å². The van der Waals surface area contributed by atoms with Gasteiger partial charge in [0.15, 0.2) is 0 Å². The zero-order valence-electron chi connectivity index (χ0n) is 11.5. The lowest BCUT2D eigenvalue weighted by Crippen LogP contribution is -2.20. The second-order valence-corrected chi connectivity index (χ2v) is 6.13. The summed E-state index contributed by atoms with van der Waals surface area (Å²) in [6.07, 6.45) is 2.32. The molecule has 1 aliphatic rings. The molecule has 1 heterocycles. The number of hydrogen-bond acceptors (Lipinski definition) is 3. The van der Waals surface area contributed by atoms with Gasteiger partial charge in [-0.2, -0.15) is 0 Å². The van der Waals surface area contributed by atoms with E-state index in [2.05, 4.69) is 48.8 Å². The number of fused-ring (bicyclic) bond motifs is 1. The highest BCUT2D eigenvalue weighted by molar-refractivity contribution is 7.09. The van der Waals surface area contributed by atoms with E-state index < -0.39 is 0 Å². The molecule has 2 atom stereocenters. The summed E-state index contributed by atoms with van der Waals surface area (Å²) in [5, 5.41) is 6.99. The van der Waals surface area contributed by atoms with Crippen LogP contribution in [0.25, 0.3) is 0 Å². The van der Waals surface area contributed by atoms with Crippen molar-refractivity contribution >= 4 is 11.3 Å². The molecule has 1 aliphatic carbocycles. The van der Waals surface area contributed by atoms with E-state index in [0.717, 1.165) is 19.4 Å². The van der Waals surface area contributed by atoms with Gasteiger partial charge in [0.25, 0.3) is 0 Å². The van der Waals surface area contributed by atoms with Gasteiger partial charge in [-0.05, 0) is 37.4 Å². The second kappa shape index (κ2) is 5.43. The van der Waals surface area contributed by atoms with Crippen LogP contribution in [-0.4, -0.2) is 11.5 Å². The lowest BCUT2D eigenvalue weighted by atomic mass is 9.78. The highest BCUT2D eigenvalue weighted by Crippen LogP contribution is 2.41. The summed E-state index contributed by atoms with van der Waals surface area (Å²) in [4.78, 5) is 4.84. The predicted octanol–water partition coefficient (Wildman–Crippen LogP) is 3.89. The van der Waals surface area contributed by atoms with E-state index in [9.17, 15) is 0 Å². The third kappa shape index (κ3) is 2.45. The Bertz CT molecular complexity index is 561. The summed E-state index contributed by atoms with van der Waals surface area (Å²) in [5.74, 6) is 0.535. The van der Waals surface area contributed by atoms with Crippen molar-refractivity contribution in [2.75, 3.05) is 6.54 Å². The van der Waals surface area contributed by atoms with Gasteiger partial charge >= 0.3 is 0 Å². The van der Waals surface area contributed by atoms with Gasteiger partial charge in [-0.25, -0.2) is 4.98 Å². The molecule has 0 saturated heterocycles. The first-order valence-corrected chi connectivity index (χ1v) is 7.94. The molecule has 1 aromatic carbocycles. The quantitative estimate of drug-likeness (QED) is 0.893. The number of benzene rings is 1. The van der Waals surface area contributed by atoms with Gasteiger partial charge < -0.3 is 5.32 Å². The van der Waals surface area contributed by atoms with Crippen molar-refractivity contribution in [3.05, 3.63) is 51.5 Å². The molecule has 3 rings (SSSR count). The van der Waals surface area contributed by atoms with Crippen LogP contribution in [0.15, 0.2) is 29.6 Å². The van der Waals surface area contributed by atoms with Crippen molar-refractivity contribution < 1.29 is 0 Å². The number of thiazole rings is 1. The molecule has 19 heavy (non-hydrogen) atoms. The molecule has 3 heteroatoms. The van der Waals surface area contributed by atoms with E-state index in [0.29, 0.717) is 12.0 Å². The Balaban J connectivity index is 1.73. The Kier molecular flexibility index (Phi) is 3.67. The van der Waals surface area contributed by atoms with Crippen LogP contribution in [0.4, 0.5) is 0 Å². The fourth-order valence-electron chi connectivity index (χ4n) is 2.60. The van der Waals surface area contributed by atoms with Gasteiger partial charge in [0.2, 0.25) is 0 Å². The average Bonchev–Trinajstić information content (AvgIpc) is 2.87. The van der Waals surface area contributed by atoms with Crippen LogP contribution in [0, 0.1) is 0 Å². The van der Waals surface area contributed by atoms with Crippen LogP contribution < -0.4 is 5.32 Å². The molecule has 0 spiro atoms. The van der Waals surface area contributed by atoms with Crippen LogP contribution in [0.2, 0.25) is 0 Å². The third-order valence-corrected chi connectivity index (χ3v) is 4.81. The number of nitrogens with one attached hydrogen (secondary N) is 1. The van der Waals surface area contributed by atoms with E-state index in [-0.39, 0.29) is 0 Å². The largest absolute Gasteiger partial charge is 0.309 e. The lowest BCUT2D eigenvalue weighted by molar-refractivity contribution is 0.557. The summed E-state index contributed by atoms with van der Waals surface area (Å²) in [6.45, 7) is 5.45. The normalized spacial score (nSPS) is 18.7. The van der Waals surface area contributed by atoms with Gasteiger partial charge in [-0.1, -0.05) is 31.2 Å². The molecule has 1 aromatic heterocycles. The average molecular weight is 272 g/mol. The molecular weight excluding hydrogens is 252 g/mol. The van der Waals surface area contributed by atoms with Crippen molar-refractivity contribution in [2.45, 2.75) is 38.6 Å². The number of nitrogens with zero attached hydrogens (tertiary/aromatic N) is 1. The van der Waals surface area contributed by atoms with Gasteiger partial charge in [0, 0.05) is 17.3 Å². The van der Waals surface area contributed by atoms with E-state index in [1.165, 1.54) is 21.8 Å². The molecule has 2 aromatic rings. The molecule has 0 bridgehead atoms. The molecule has 0 fully saturated rings. The maximum absolute atomic E-state index is 4.84. The van der Waals surface area contributed by atoms with Crippen LogP contribution >= 0.6 is 11.3 Å². The first-order chi connectivity index (χ1) is 9.29. The van der Waals surface area contributed by atoms with Crippen molar-refractivity contribution in [3.63, 3.8) is 0 Å². The Morgan fingerprint density at radius 3 is 3.05 bits per heavy atom. The molecule has 0 saturated carbocycles. The van der Waals surface area contributed by atoms with Gasteiger partial charge in [0.05, 0.1) is 5.69 Å². The van der Waals surface area contributed by atoms with Gasteiger partial charge in [-0.15, -0.1) is 11.3 Å². The maximum Gasteiger partial charge on any atom is 0.101 e. The van der Waals surface area contributed by atoms with E-state index in [4.69, 9.17) is 4.98 Å². The highest BCUT2D eigenvalue weighted by atomic mass is 32.1. The molecule has 0 radical (unpaired) electrons. The van der Waals surface area contributed by atoms with Crippen molar-refractivity contribution in [2.24, 2.45) is 0 Å². The third-order valence-electron chi connectivity index (χ3n) is 3.84. The monoisotopic (exact) mass is 272 g/mol. The van der Waals surface area contributed by atoms with Crippen molar-refractivity contribution in [3.8, 4) is 0 Å². The summed E-state index contributed by atoms with van der Waals surface area (Å²) >= 11 is 1.81. The lowest BCUT2D eigenvalue weighted by Gasteiger charge is -2.28. The minimum Gasteiger partial charge on any atom is -0.309 e. The first-order valence-electron chi connectivity index (χ1n) is 7.06. The van der Waals surface area contributed by atoms with Crippen LogP contribution in [0.5, 0.6) is 0 Å². The van der Waals surface area contributed by atoms with E-state index >= 15 is 0 Å². The zero-order chi connectivity index (χ0) is 13.2. The fraction of sp³-hybridized carbons (Fsp3) is 0.438. The first kappa shape index (κ1) is 12.8. The summed E-state index contributed by atoms with van der Waals surface area (Å²) in [5.41, 5.74) is 4.15.